The molecule has 1 fully saturated rings. The van der Waals surface area contributed by atoms with Crippen LogP contribution in [0.3, 0.4) is 0 Å². The normalized spacial score (nSPS) is 20.2. The van der Waals surface area contributed by atoms with Gasteiger partial charge in [0, 0.05) is 18.2 Å². The fourth-order valence-electron chi connectivity index (χ4n) is 5.67. The third kappa shape index (κ3) is 5.39. The van der Waals surface area contributed by atoms with Gasteiger partial charge in [0.2, 0.25) is 0 Å². The van der Waals surface area contributed by atoms with Crippen molar-refractivity contribution in [1.29, 1.82) is 0 Å². The Bertz CT molecular complexity index is 1340. The Morgan fingerprint density at radius 2 is 1.92 bits per heavy atom. The first kappa shape index (κ1) is 26.2. The summed E-state index contributed by atoms with van der Waals surface area (Å²) in [5.41, 5.74) is 6.12. The van der Waals surface area contributed by atoms with Crippen molar-refractivity contribution in [2.24, 2.45) is 5.92 Å². The van der Waals surface area contributed by atoms with E-state index < -0.39 is 11.6 Å². The van der Waals surface area contributed by atoms with E-state index in [0.717, 1.165) is 52.0 Å². The second-order valence-corrected chi connectivity index (χ2v) is 11.3. The van der Waals surface area contributed by atoms with E-state index in [2.05, 4.69) is 10.3 Å². The average molecular weight is 519 g/mol. The lowest BCUT2D eigenvalue weighted by Crippen LogP contribution is -2.21. The van der Waals surface area contributed by atoms with Gasteiger partial charge in [0.25, 0.3) is 0 Å². The van der Waals surface area contributed by atoms with E-state index in [-0.39, 0.29) is 23.7 Å². The Hall–Kier alpha value is -3.45. The highest BCUT2D eigenvalue weighted by Crippen LogP contribution is 2.48. The molecule has 1 heterocycles. The Morgan fingerprint density at radius 1 is 1.18 bits per heavy atom. The van der Waals surface area contributed by atoms with Gasteiger partial charge in [0.15, 0.2) is 0 Å². The summed E-state index contributed by atoms with van der Waals surface area (Å²) in [6.45, 7) is 8.06. The number of pyridine rings is 1. The van der Waals surface area contributed by atoms with Crippen LogP contribution < -0.4 is 10.1 Å². The fourth-order valence-corrected chi connectivity index (χ4v) is 5.67. The molecule has 5 rings (SSSR count). The lowest BCUT2D eigenvalue weighted by Gasteiger charge is -2.20. The fraction of sp³-hybridized carbons (Fsp3) is 0.419. The van der Waals surface area contributed by atoms with E-state index >= 15 is 4.39 Å². The zero-order valence-electron chi connectivity index (χ0n) is 22.3. The van der Waals surface area contributed by atoms with Crippen LogP contribution in [-0.2, 0) is 11.2 Å². The number of benzene rings is 2. The lowest BCUT2D eigenvalue weighted by atomic mass is 9.90. The van der Waals surface area contributed by atoms with Crippen LogP contribution in [0.25, 0.3) is 11.1 Å². The molecule has 2 aliphatic rings. The van der Waals surface area contributed by atoms with Gasteiger partial charge >= 0.3 is 5.97 Å². The molecule has 7 heteroatoms. The van der Waals surface area contributed by atoms with Crippen molar-refractivity contribution >= 4 is 11.8 Å². The van der Waals surface area contributed by atoms with Crippen LogP contribution in [0.2, 0.25) is 0 Å². The number of hydrogen-bond donors (Lipinski definition) is 3. The van der Waals surface area contributed by atoms with Crippen LogP contribution in [0.1, 0.15) is 72.9 Å². The van der Waals surface area contributed by atoms with Gasteiger partial charge in [-0.2, -0.15) is 0 Å². The molecule has 0 spiro atoms. The van der Waals surface area contributed by atoms with Crippen molar-refractivity contribution in [3.05, 3.63) is 76.2 Å². The molecule has 200 valence electrons. The molecule has 0 radical (unpaired) electrons. The van der Waals surface area contributed by atoms with Gasteiger partial charge in [-0.1, -0.05) is 12.1 Å². The third-order valence-corrected chi connectivity index (χ3v) is 7.74. The third-order valence-electron chi connectivity index (χ3n) is 7.74. The topological polar surface area (TPSA) is 91.7 Å². The van der Waals surface area contributed by atoms with E-state index in [9.17, 15) is 15.0 Å². The maximum absolute atomic E-state index is 15.2. The van der Waals surface area contributed by atoms with Crippen molar-refractivity contribution in [1.82, 2.24) is 4.98 Å². The number of nitrogens with one attached hydrogen (secondary N) is 1. The van der Waals surface area contributed by atoms with Gasteiger partial charge < -0.3 is 20.3 Å². The molecule has 0 saturated heterocycles. The number of carboxylic acid groups (broad SMARTS) is 1. The number of carboxylic acids is 1. The van der Waals surface area contributed by atoms with E-state index in [1.807, 2.05) is 44.2 Å². The largest absolute Gasteiger partial charge is 0.493 e. The van der Waals surface area contributed by atoms with E-state index in [4.69, 9.17) is 4.74 Å². The molecule has 0 bridgehead atoms. The summed E-state index contributed by atoms with van der Waals surface area (Å²) >= 11 is 0. The van der Waals surface area contributed by atoms with Gasteiger partial charge in [0.05, 0.1) is 24.2 Å². The Kier molecular flexibility index (Phi) is 6.90. The summed E-state index contributed by atoms with van der Waals surface area (Å²) in [7, 11) is 0. The predicted molar refractivity (Wildman–Crippen MR) is 145 cm³/mol. The van der Waals surface area contributed by atoms with Crippen molar-refractivity contribution in [3.8, 4) is 16.9 Å². The number of nitrogens with zero attached hydrogens (tertiary/aromatic N) is 1. The maximum atomic E-state index is 15.2. The van der Waals surface area contributed by atoms with Gasteiger partial charge in [0.1, 0.15) is 17.4 Å². The van der Waals surface area contributed by atoms with Crippen LogP contribution in [-0.4, -0.2) is 33.4 Å². The van der Waals surface area contributed by atoms with Crippen molar-refractivity contribution in [3.63, 3.8) is 0 Å². The smallest absolute Gasteiger partial charge is 0.307 e. The van der Waals surface area contributed by atoms with Gasteiger partial charge in [-0.15, -0.1) is 0 Å². The summed E-state index contributed by atoms with van der Waals surface area (Å²) < 4.78 is 21.1. The number of anilines is 1. The van der Waals surface area contributed by atoms with Gasteiger partial charge in [-0.25, -0.2) is 9.37 Å². The summed E-state index contributed by atoms with van der Waals surface area (Å²) in [6, 6.07) is 11.0. The molecule has 0 amide bonds. The molecular weight excluding hydrogens is 483 g/mol. The summed E-state index contributed by atoms with van der Waals surface area (Å²) in [6.07, 6.45) is 4.43. The number of carbonyl (C=O) groups is 1. The summed E-state index contributed by atoms with van der Waals surface area (Å²) in [4.78, 5) is 15.7. The minimum atomic E-state index is -0.776. The highest BCUT2D eigenvalue weighted by atomic mass is 19.1. The number of aliphatic carboxylic acids is 1. The number of aromatic nitrogens is 1. The van der Waals surface area contributed by atoms with Crippen molar-refractivity contribution in [2.75, 3.05) is 11.9 Å². The first-order valence-corrected chi connectivity index (χ1v) is 13.2. The summed E-state index contributed by atoms with van der Waals surface area (Å²) in [5.74, 6) is 0.158. The molecule has 2 aromatic carbocycles. The van der Waals surface area contributed by atoms with Crippen molar-refractivity contribution < 1.29 is 24.1 Å². The van der Waals surface area contributed by atoms with E-state index in [1.165, 1.54) is 0 Å². The zero-order chi connectivity index (χ0) is 27.2. The number of halogens is 1. The second kappa shape index (κ2) is 10.0. The minimum absolute atomic E-state index is 0.0334. The second-order valence-electron chi connectivity index (χ2n) is 11.3. The predicted octanol–water partition coefficient (Wildman–Crippen LogP) is 6.33. The van der Waals surface area contributed by atoms with Crippen LogP contribution in [0.5, 0.6) is 5.75 Å². The number of aryl methyl sites for hydroxylation is 2. The first-order chi connectivity index (χ1) is 18.0. The molecule has 1 aromatic heterocycles. The maximum Gasteiger partial charge on any atom is 0.307 e. The number of rotatable bonds is 9. The monoisotopic (exact) mass is 518 g/mol. The van der Waals surface area contributed by atoms with Crippen LogP contribution in [0.15, 0.2) is 42.6 Å². The van der Waals surface area contributed by atoms with Gasteiger partial charge in [-0.3, -0.25) is 4.79 Å². The number of hydrogen-bond acceptors (Lipinski definition) is 5. The Labute approximate surface area is 222 Å². The van der Waals surface area contributed by atoms with E-state index in [0.29, 0.717) is 30.8 Å². The zero-order valence-corrected chi connectivity index (χ0v) is 22.3. The Balaban J connectivity index is 1.36. The van der Waals surface area contributed by atoms with Crippen molar-refractivity contribution in [2.45, 2.75) is 70.9 Å². The summed E-state index contributed by atoms with van der Waals surface area (Å²) in [5, 5.41) is 22.5. The quantitative estimate of drug-likeness (QED) is 0.307. The first-order valence-electron chi connectivity index (χ1n) is 13.2. The van der Waals surface area contributed by atoms with Crippen LogP contribution in [0, 0.1) is 25.6 Å². The highest BCUT2D eigenvalue weighted by molar-refractivity contribution is 5.77. The SMILES string of the molecule is Cc1cc(OCCC(C)(C)O)cc(C)c1-c1ccc(F)c2c1CC[C@H]2Nc1ccc(C2C[C@@H]2C(=O)O)cn1. The van der Waals surface area contributed by atoms with Gasteiger partial charge in [-0.05, 0) is 111 Å². The highest BCUT2D eigenvalue weighted by Gasteiger charge is 2.44. The molecule has 6 nitrogen and oxygen atoms in total. The average Bonchev–Trinajstić information content (AvgIpc) is 3.54. The molecule has 1 unspecified atom stereocenters. The lowest BCUT2D eigenvalue weighted by molar-refractivity contribution is -0.138. The number of ether oxygens (including phenoxy) is 1. The minimum Gasteiger partial charge on any atom is -0.493 e. The number of fused-ring (bicyclic) bond motifs is 1. The molecule has 3 N–H and O–H groups in total. The van der Waals surface area contributed by atoms with Crippen LogP contribution in [0.4, 0.5) is 10.2 Å². The molecule has 38 heavy (non-hydrogen) atoms. The molecular formula is C31H35FN2O4. The molecule has 2 aliphatic carbocycles. The molecule has 1 saturated carbocycles. The molecule has 0 aliphatic heterocycles. The molecule has 3 atom stereocenters. The standard InChI is InChI=1S/C31H35FN2O4/c1-17-13-20(38-12-11-31(3,4)37)14-18(2)28(17)21-6-8-25(32)29-22(21)7-9-26(29)34-27-10-5-19(16-33-27)23-15-24(23)30(35)36/h5-6,8,10,13-14,16,23-24,26,37H,7,9,11-12,15H2,1-4H3,(H,33,34)(H,35,36)/t23?,24-,26+/m0/s1. The van der Waals surface area contributed by atoms with Crippen LogP contribution >= 0.6 is 0 Å². The Morgan fingerprint density at radius 3 is 2.53 bits per heavy atom. The molecule has 3 aromatic rings. The van der Waals surface area contributed by atoms with E-state index in [1.54, 1.807) is 26.1 Å². The number of aliphatic hydroxyl groups is 1.